The molecule has 0 radical (unpaired) electrons. The van der Waals surface area contributed by atoms with Crippen molar-refractivity contribution < 1.29 is 4.79 Å². The molecule has 0 unspecified atom stereocenters. The molecule has 0 aromatic carbocycles. The number of rotatable bonds is 6. The summed E-state index contributed by atoms with van der Waals surface area (Å²) in [4.78, 5) is 21.7. The Labute approximate surface area is 119 Å². The average molecular weight is 271 g/mol. The van der Waals surface area contributed by atoms with E-state index in [1.807, 2.05) is 50.1 Å². The predicted octanol–water partition coefficient (Wildman–Crippen LogP) is 2.38. The zero-order valence-corrected chi connectivity index (χ0v) is 12.3. The Bertz CT molecular complexity index is 575. The fraction of sp³-hybridized carbons (Fsp3) is 0.375. The first-order valence-electron chi connectivity index (χ1n) is 6.84. The molecule has 106 valence electrons. The zero-order valence-electron chi connectivity index (χ0n) is 12.3. The summed E-state index contributed by atoms with van der Waals surface area (Å²) < 4.78 is 0. The minimum absolute atomic E-state index is 0.162. The third-order valence-corrected chi connectivity index (χ3v) is 3.34. The summed E-state index contributed by atoms with van der Waals surface area (Å²) in [6, 6.07) is 7.83. The lowest BCUT2D eigenvalue weighted by Crippen LogP contribution is -2.28. The summed E-state index contributed by atoms with van der Waals surface area (Å²) >= 11 is 0. The number of carbonyl (C=O) groups excluding carboxylic acids is 1. The van der Waals surface area contributed by atoms with Crippen LogP contribution in [0.1, 0.15) is 27.4 Å². The van der Waals surface area contributed by atoms with Crippen molar-refractivity contribution in [2.75, 3.05) is 20.1 Å². The predicted molar refractivity (Wildman–Crippen MR) is 80.0 cm³/mol. The second-order valence-corrected chi connectivity index (χ2v) is 5.22. The lowest BCUT2D eigenvalue weighted by Gasteiger charge is -2.15. The van der Waals surface area contributed by atoms with Crippen LogP contribution in [-0.2, 0) is 6.42 Å². The number of carbonyl (C=O) groups is 1. The van der Waals surface area contributed by atoms with E-state index in [0.29, 0.717) is 6.54 Å². The van der Waals surface area contributed by atoms with Crippen LogP contribution < -0.4 is 0 Å². The molecule has 0 saturated heterocycles. The smallest absolute Gasteiger partial charge is 0.178 e. The number of hydrogen-bond donors (Lipinski definition) is 1. The highest BCUT2D eigenvalue weighted by molar-refractivity contribution is 5.98. The number of likely N-dealkylation sites (N-methyl/N-ethyl adjacent to an activating group) is 1. The third-order valence-electron chi connectivity index (χ3n) is 3.34. The standard InChI is InChI=1S/C16H21N3O/c1-12-10-15(13(2)18-12)16(20)11-19(3)9-7-14-6-4-5-8-17-14/h4-6,8,10,18H,7,9,11H2,1-3H3. The molecule has 0 spiro atoms. The maximum Gasteiger partial charge on any atom is 0.178 e. The first-order valence-corrected chi connectivity index (χ1v) is 6.84. The van der Waals surface area contributed by atoms with Crippen LogP contribution >= 0.6 is 0 Å². The van der Waals surface area contributed by atoms with Gasteiger partial charge in [0.2, 0.25) is 0 Å². The van der Waals surface area contributed by atoms with Gasteiger partial charge in [-0.05, 0) is 39.1 Å². The van der Waals surface area contributed by atoms with Gasteiger partial charge in [-0.2, -0.15) is 0 Å². The lowest BCUT2D eigenvalue weighted by molar-refractivity contribution is 0.0946. The van der Waals surface area contributed by atoms with Crippen molar-refractivity contribution in [1.82, 2.24) is 14.9 Å². The van der Waals surface area contributed by atoms with Crippen molar-refractivity contribution in [1.29, 1.82) is 0 Å². The van der Waals surface area contributed by atoms with Gasteiger partial charge >= 0.3 is 0 Å². The number of Topliss-reactive ketones (excluding diaryl/α,β-unsaturated/α-hetero) is 1. The Hall–Kier alpha value is -1.94. The molecule has 2 aromatic rings. The molecule has 2 aromatic heterocycles. The molecule has 1 N–H and O–H groups in total. The van der Waals surface area contributed by atoms with E-state index in [1.54, 1.807) is 6.20 Å². The number of nitrogens with zero attached hydrogens (tertiary/aromatic N) is 2. The fourth-order valence-corrected chi connectivity index (χ4v) is 2.27. The molecule has 0 saturated carbocycles. The number of hydrogen-bond acceptors (Lipinski definition) is 3. The van der Waals surface area contributed by atoms with Crippen molar-refractivity contribution in [3.63, 3.8) is 0 Å². The maximum absolute atomic E-state index is 12.2. The Morgan fingerprint density at radius 3 is 2.75 bits per heavy atom. The number of pyridine rings is 1. The van der Waals surface area contributed by atoms with Crippen LogP contribution in [0.4, 0.5) is 0 Å². The van der Waals surface area contributed by atoms with E-state index >= 15 is 0 Å². The number of ketones is 1. The molecule has 2 rings (SSSR count). The minimum Gasteiger partial charge on any atom is -0.362 e. The summed E-state index contributed by atoms with van der Waals surface area (Å²) in [6.45, 7) is 5.17. The molecule has 20 heavy (non-hydrogen) atoms. The summed E-state index contributed by atoms with van der Waals surface area (Å²) in [5, 5.41) is 0. The van der Waals surface area contributed by atoms with E-state index < -0.39 is 0 Å². The summed E-state index contributed by atoms with van der Waals surface area (Å²) in [6.07, 6.45) is 2.65. The molecule has 2 heterocycles. The number of aryl methyl sites for hydroxylation is 2. The Morgan fingerprint density at radius 2 is 2.15 bits per heavy atom. The van der Waals surface area contributed by atoms with Gasteiger partial charge in [-0.15, -0.1) is 0 Å². The van der Waals surface area contributed by atoms with Crippen LogP contribution in [-0.4, -0.2) is 40.8 Å². The average Bonchev–Trinajstić information content (AvgIpc) is 2.77. The molecule has 4 heteroatoms. The van der Waals surface area contributed by atoms with Crippen molar-refractivity contribution in [3.8, 4) is 0 Å². The molecule has 0 atom stereocenters. The third kappa shape index (κ3) is 3.78. The lowest BCUT2D eigenvalue weighted by atomic mass is 10.1. The van der Waals surface area contributed by atoms with Crippen LogP contribution in [0, 0.1) is 13.8 Å². The van der Waals surface area contributed by atoms with Crippen molar-refractivity contribution >= 4 is 5.78 Å². The first kappa shape index (κ1) is 14.5. The van der Waals surface area contributed by atoms with Crippen LogP contribution in [0.15, 0.2) is 30.5 Å². The van der Waals surface area contributed by atoms with E-state index in [-0.39, 0.29) is 5.78 Å². The highest BCUT2D eigenvalue weighted by Crippen LogP contribution is 2.10. The number of aromatic nitrogens is 2. The van der Waals surface area contributed by atoms with Gasteiger partial charge < -0.3 is 4.98 Å². The first-order chi connectivity index (χ1) is 9.56. The Kier molecular flexibility index (Phi) is 4.69. The van der Waals surface area contributed by atoms with E-state index in [4.69, 9.17) is 0 Å². The number of aromatic amines is 1. The normalized spacial score (nSPS) is 11.0. The van der Waals surface area contributed by atoms with Gasteiger partial charge in [0.05, 0.1) is 6.54 Å². The molecule has 4 nitrogen and oxygen atoms in total. The van der Waals surface area contributed by atoms with Gasteiger partial charge in [0.15, 0.2) is 5.78 Å². The maximum atomic E-state index is 12.2. The second-order valence-electron chi connectivity index (χ2n) is 5.22. The molecular weight excluding hydrogens is 250 g/mol. The Balaban J connectivity index is 1.87. The SMILES string of the molecule is Cc1cc(C(=O)CN(C)CCc2ccccn2)c(C)[nH]1. The van der Waals surface area contributed by atoms with Crippen LogP contribution in [0.5, 0.6) is 0 Å². The zero-order chi connectivity index (χ0) is 14.5. The molecule has 0 fully saturated rings. The highest BCUT2D eigenvalue weighted by atomic mass is 16.1. The minimum atomic E-state index is 0.162. The molecular formula is C16H21N3O. The number of H-pyrrole nitrogens is 1. The van der Waals surface area contributed by atoms with E-state index in [1.165, 1.54) is 0 Å². The quantitative estimate of drug-likeness (QED) is 0.821. The monoisotopic (exact) mass is 271 g/mol. The van der Waals surface area contributed by atoms with Crippen molar-refractivity contribution in [3.05, 3.63) is 53.1 Å². The van der Waals surface area contributed by atoms with Crippen LogP contribution in [0.2, 0.25) is 0 Å². The fourth-order valence-electron chi connectivity index (χ4n) is 2.27. The second kappa shape index (κ2) is 6.48. The van der Waals surface area contributed by atoms with Crippen LogP contribution in [0.3, 0.4) is 0 Å². The Morgan fingerprint density at radius 1 is 1.35 bits per heavy atom. The van der Waals surface area contributed by atoms with Gasteiger partial charge in [0.25, 0.3) is 0 Å². The summed E-state index contributed by atoms with van der Waals surface area (Å²) in [5.41, 5.74) is 3.83. The molecule has 0 amide bonds. The largest absolute Gasteiger partial charge is 0.362 e. The van der Waals surface area contributed by atoms with Gasteiger partial charge in [0.1, 0.15) is 0 Å². The number of nitrogens with one attached hydrogen (secondary N) is 1. The summed E-state index contributed by atoms with van der Waals surface area (Å²) in [7, 11) is 1.97. The summed E-state index contributed by atoms with van der Waals surface area (Å²) in [5.74, 6) is 0.162. The molecule has 0 aliphatic rings. The molecule has 0 bridgehead atoms. The van der Waals surface area contributed by atoms with E-state index in [9.17, 15) is 4.79 Å². The van der Waals surface area contributed by atoms with Gasteiger partial charge in [-0.1, -0.05) is 6.07 Å². The van der Waals surface area contributed by atoms with Crippen molar-refractivity contribution in [2.24, 2.45) is 0 Å². The van der Waals surface area contributed by atoms with E-state index in [2.05, 4.69) is 9.97 Å². The molecule has 0 aliphatic heterocycles. The highest BCUT2D eigenvalue weighted by Gasteiger charge is 2.13. The van der Waals surface area contributed by atoms with Crippen LogP contribution in [0.25, 0.3) is 0 Å². The van der Waals surface area contributed by atoms with E-state index in [0.717, 1.165) is 35.6 Å². The topological polar surface area (TPSA) is 49.0 Å². The van der Waals surface area contributed by atoms with Gasteiger partial charge in [-0.3, -0.25) is 14.7 Å². The van der Waals surface area contributed by atoms with Gasteiger partial charge in [-0.25, -0.2) is 0 Å². The van der Waals surface area contributed by atoms with Gasteiger partial charge in [0, 0.05) is 41.8 Å². The molecule has 0 aliphatic carbocycles. The van der Waals surface area contributed by atoms with Crippen molar-refractivity contribution in [2.45, 2.75) is 20.3 Å².